The third-order valence-corrected chi connectivity index (χ3v) is 4.32. The van der Waals surface area contributed by atoms with E-state index in [2.05, 4.69) is 15.6 Å². The van der Waals surface area contributed by atoms with Crippen molar-refractivity contribution in [3.05, 3.63) is 83.6 Å². The summed E-state index contributed by atoms with van der Waals surface area (Å²) in [7, 11) is 0. The standard InChI is InChI=1S/C20H16F2N4O2/c21-15-7-5-13(6-8-15)17-11-18(28-25-17)20(27)23-19-9-10-26(24-19)12-14-3-1-2-4-16(14)22/h1-10,18H,11-12H2,(H,23,24,27). The molecule has 4 rings (SSSR count). The van der Waals surface area contributed by atoms with E-state index in [0.29, 0.717) is 22.7 Å². The average molecular weight is 382 g/mol. The van der Waals surface area contributed by atoms with Crippen LogP contribution in [0.5, 0.6) is 0 Å². The van der Waals surface area contributed by atoms with Crippen LogP contribution in [-0.4, -0.2) is 27.5 Å². The SMILES string of the molecule is O=C(Nc1ccn(Cc2ccccc2F)n1)C1CC(c2ccc(F)cc2)=NO1. The van der Waals surface area contributed by atoms with Gasteiger partial charge < -0.3 is 10.2 Å². The quantitative estimate of drug-likeness (QED) is 0.736. The molecule has 1 amide bonds. The van der Waals surface area contributed by atoms with E-state index in [9.17, 15) is 13.6 Å². The van der Waals surface area contributed by atoms with Crippen molar-refractivity contribution in [3.63, 3.8) is 0 Å². The van der Waals surface area contributed by atoms with Crippen molar-refractivity contribution in [2.45, 2.75) is 19.1 Å². The molecule has 28 heavy (non-hydrogen) atoms. The lowest BCUT2D eigenvalue weighted by molar-refractivity contribution is -0.125. The predicted octanol–water partition coefficient (Wildman–Crippen LogP) is 3.34. The normalized spacial score (nSPS) is 15.8. The highest BCUT2D eigenvalue weighted by molar-refractivity contribution is 6.05. The fourth-order valence-corrected chi connectivity index (χ4v) is 2.86. The fraction of sp³-hybridized carbons (Fsp3) is 0.150. The molecule has 0 saturated heterocycles. The highest BCUT2D eigenvalue weighted by atomic mass is 19.1. The van der Waals surface area contributed by atoms with Crippen molar-refractivity contribution in [1.82, 2.24) is 9.78 Å². The van der Waals surface area contributed by atoms with Gasteiger partial charge >= 0.3 is 0 Å². The summed E-state index contributed by atoms with van der Waals surface area (Å²) in [6.45, 7) is 0.250. The summed E-state index contributed by atoms with van der Waals surface area (Å²) in [5.74, 6) is -0.714. The zero-order valence-electron chi connectivity index (χ0n) is 14.7. The maximum absolute atomic E-state index is 13.7. The largest absolute Gasteiger partial charge is 0.382 e. The van der Waals surface area contributed by atoms with Crippen LogP contribution >= 0.6 is 0 Å². The second kappa shape index (κ2) is 7.59. The third-order valence-electron chi connectivity index (χ3n) is 4.32. The Labute approximate surface area is 159 Å². The summed E-state index contributed by atoms with van der Waals surface area (Å²) in [6.07, 6.45) is 1.13. The Hall–Kier alpha value is -3.55. The minimum atomic E-state index is -0.795. The van der Waals surface area contributed by atoms with Gasteiger partial charge in [0.1, 0.15) is 11.6 Å². The van der Waals surface area contributed by atoms with E-state index in [1.807, 2.05) is 0 Å². The zero-order chi connectivity index (χ0) is 19.5. The molecule has 0 bridgehead atoms. The number of nitrogens with one attached hydrogen (secondary N) is 1. The van der Waals surface area contributed by atoms with Crippen LogP contribution in [0.4, 0.5) is 14.6 Å². The molecule has 0 fully saturated rings. The van der Waals surface area contributed by atoms with Crippen LogP contribution in [0.1, 0.15) is 17.5 Å². The summed E-state index contributed by atoms with van der Waals surface area (Å²) in [4.78, 5) is 17.6. The Morgan fingerprint density at radius 2 is 1.93 bits per heavy atom. The van der Waals surface area contributed by atoms with Crippen molar-refractivity contribution in [1.29, 1.82) is 0 Å². The second-order valence-corrected chi connectivity index (χ2v) is 6.32. The average Bonchev–Trinajstić information content (AvgIpc) is 3.34. The Balaban J connectivity index is 1.35. The Bertz CT molecular complexity index is 1030. The van der Waals surface area contributed by atoms with Crippen molar-refractivity contribution in [2.24, 2.45) is 5.16 Å². The van der Waals surface area contributed by atoms with Gasteiger partial charge in [0.15, 0.2) is 5.82 Å². The van der Waals surface area contributed by atoms with Crippen LogP contribution in [-0.2, 0) is 16.2 Å². The summed E-state index contributed by atoms with van der Waals surface area (Å²) in [6, 6.07) is 13.9. The number of carbonyl (C=O) groups is 1. The number of benzene rings is 2. The molecule has 6 nitrogen and oxygen atoms in total. The zero-order valence-corrected chi connectivity index (χ0v) is 14.7. The van der Waals surface area contributed by atoms with E-state index in [4.69, 9.17) is 4.84 Å². The van der Waals surface area contributed by atoms with Crippen molar-refractivity contribution >= 4 is 17.4 Å². The minimum absolute atomic E-state index is 0.250. The molecule has 1 aliphatic rings. The molecular formula is C20H16F2N4O2. The van der Waals surface area contributed by atoms with Crippen LogP contribution in [0.15, 0.2) is 65.9 Å². The summed E-state index contributed by atoms with van der Waals surface area (Å²) < 4.78 is 28.3. The van der Waals surface area contributed by atoms with Gasteiger partial charge in [0, 0.05) is 24.2 Å². The first-order chi connectivity index (χ1) is 13.6. The molecule has 1 unspecified atom stereocenters. The highest BCUT2D eigenvalue weighted by Crippen LogP contribution is 2.19. The molecule has 0 radical (unpaired) electrons. The van der Waals surface area contributed by atoms with Gasteiger partial charge in [-0.1, -0.05) is 35.5 Å². The van der Waals surface area contributed by atoms with E-state index in [0.717, 1.165) is 0 Å². The van der Waals surface area contributed by atoms with E-state index in [-0.39, 0.29) is 24.6 Å². The van der Waals surface area contributed by atoms with E-state index < -0.39 is 12.0 Å². The van der Waals surface area contributed by atoms with Gasteiger partial charge in [0.05, 0.1) is 12.3 Å². The second-order valence-electron chi connectivity index (χ2n) is 6.32. The molecular weight excluding hydrogens is 366 g/mol. The number of hydrogen-bond donors (Lipinski definition) is 1. The first-order valence-electron chi connectivity index (χ1n) is 8.65. The van der Waals surface area contributed by atoms with E-state index >= 15 is 0 Å². The number of oxime groups is 1. The van der Waals surface area contributed by atoms with Crippen LogP contribution in [0.25, 0.3) is 0 Å². The summed E-state index contributed by atoms with van der Waals surface area (Å²) in [5.41, 5.74) is 1.77. The number of anilines is 1. The van der Waals surface area contributed by atoms with Gasteiger partial charge in [-0.2, -0.15) is 5.10 Å². The number of aromatic nitrogens is 2. The molecule has 8 heteroatoms. The van der Waals surface area contributed by atoms with Crippen LogP contribution < -0.4 is 5.32 Å². The predicted molar refractivity (Wildman–Crippen MR) is 98.8 cm³/mol. The lowest BCUT2D eigenvalue weighted by Gasteiger charge is -2.07. The Morgan fingerprint density at radius 3 is 2.71 bits per heavy atom. The molecule has 0 aliphatic carbocycles. The Kier molecular flexibility index (Phi) is 4.84. The van der Waals surface area contributed by atoms with Gasteiger partial charge in [0.25, 0.3) is 5.91 Å². The smallest absolute Gasteiger partial charge is 0.269 e. The van der Waals surface area contributed by atoms with Gasteiger partial charge in [-0.05, 0) is 23.8 Å². The topological polar surface area (TPSA) is 68.5 Å². The molecule has 0 saturated carbocycles. The summed E-state index contributed by atoms with van der Waals surface area (Å²) >= 11 is 0. The molecule has 1 atom stereocenters. The first kappa shape index (κ1) is 17.8. The van der Waals surface area contributed by atoms with Crippen molar-refractivity contribution in [2.75, 3.05) is 5.32 Å². The van der Waals surface area contributed by atoms with Crippen molar-refractivity contribution in [3.8, 4) is 0 Å². The molecule has 1 N–H and O–H groups in total. The lowest BCUT2D eigenvalue weighted by Crippen LogP contribution is -2.28. The number of amides is 1. The third kappa shape index (κ3) is 3.90. The molecule has 1 aromatic heterocycles. The van der Waals surface area contributed by atoms with E-state index in [1.54, 1.807) is 42.6 Å². The van der Waals surface area contributed by atoms with Gasteiger partial charge in [-0.15, -0.1) is 0 Å². The molecule has 0 spiro atoms. The number of hydrogen-bond acceptors (Lipinski definition) is 4. The minimum Gasteiger partial charge on any atom is -0.382 e. The molecule has 1 aliphatic heterocycles. The lowest BCUT2D eigenvalue weighted by atomic mass is 10.0. The first-order valence-corrected chi connectivity index (χ1v) is 8.65. The van der Waals surface area contributed by atoms with Crippen molar-refractivity contribution < 1.29 is 18.4 Å². The monoisotopic (exact) mass is 382 g/mol. The van der Waals surface area contributed by atoms with Crippen LogP contribution in [0, 0.1) is 11.6 Å². The summed E-state index contributed by atoms with van der Waals surface area (Å²) in [5, 5.41) is 10.8. The number of halogens is 2. The van der Waals surface area contributed by atoms with E-state index in [1.165, 1.54) is 22.9 Å². The number of carbonyl (C=O) groups excluding carboxylic acids is 1. The molecule has 2 heterocycles. The fourth-order valence-electron chi connectivity index (χ4n) is 2.86. The number of rotatable bonds is 5. The van der Waals surface area contributed by atoms with Gasteiger partial charge in [0.2, 0.25) is 6.10 Å². The maximum Gasteiger partial charge on any atom is 0.269 e. The van der Waals surface area contributed by atoms with Crippen LogP contribution in [0.2, 0.25) is 0 Å². The van der Waals surface area contributed by atoms with Gasteiger partial charge in [-0.3, -0.25) is 9.48 Å². The highest BCUT2D eigenvalue weighted by Gasteiger charge is 2.29. The maximum atomic E-state index is 13.7. The molecule has 3 aromatic rings. The molecule has 2 aromatic carbocycles. The van der Waals surface area contributed by atoms with Gasteiger partial charge in [-0.25, -0.2) is 8.78 Å². The molecule has 142 valence electrons. The van der Waals surface area contributed by atoms with Crippen LogP contribution in [0.3, 0.4) is 0 Å². The Morgan fingerprint density at radius 1 is 1.14 bits per heavy atom. The number of nitrogens with zero attached hydrogens (tertiary/aromatic N) is 3.